The first-order valence-electron chi connectivity index (χ1n) is 7.13. The standard InChI is InChI=1S/C14H24N4O3/c1-9(19)16-10(13(2,3)4)11(20)18-6-14(7-18)12(21)15-8-17(14)5/h10H,6-8H2,1-5H3,(H,15,21)(H,16,19)/t10-/m1/s1. The molecule has 2 N–H and O–H groups in total. The summed E-state index contributed by atoms with van der Waals surface area (Å²) >= 11 is 0. The Kier molecular flexibility index (Phi) is 3.73. The van der Waals surface area contributed by atoms with E-state index < -0.39 is 11.6 Å². The summed E-state index contributed by atoms with van der Waals surface area (Å²) in [6.45, 7) is 8.40. The molecule has 0 aromatic carbocycles. The third-order valence-corrected chi connectivity index (χ3v) is 4.31. The van der Waals surface area contributed by atoms with Gasteiger partial charge in [-0.3, -0.25) is 19.3 Å². The molecule has 21 heavy (non-hydrogen) atoms. The molecule has 0 radical (unpaired) electrons. The number of hydrogen-bond donors (Lipinski definition) is 2. The summed E-state index contributed by atoms with van der Waals surface area (Å²) in [6, 6.07) is -0.581. The number of likely N-dealkylation sites (tertiary alicyclic amines) is 1. The average molecular weight is 296 g/mol. The van der Waals surface area contributed by atoms with Gasteiger partial charge in [-0.25, -0.2) is 0 Å². The predicted octanol–water partition coefficient (Wildman–Crippen LogP) is -0.863. The van der Waals surface area contributed by atoms with Crippen molar-refractivity contribution >= 4 is 17.7 Å². The molecule has 2 heterocycles. The minimum atomic E-state index is -0.589. The largest absolute Gasteiger partial charge is 0.344 e. The molecule has 0 unspecified atom stereocenters. The van der Waals surface area contributed by atoms with E-state index in [1.165, 1.54) is 6.92 Å². The molecular weight excluding hydrogens is 272 g/mol. The van der Waals surface area contributed by atoms with Crippen LogP contribution in [0.25, 0.3) is 0 Å². The lowest BCUT2D eigenvalue weighted by atomic mass is 9.82. The van der Waals surface area contributed by atoms with Gasteiger partial charge >= 0.3 is 0 Å². The van der Waals surface area contributed by atoms with Crippen molar-refractivity contribution in [2.75, 3.05) is 26.8 Å². The molecule has 2 aliphatic heterocycles. The van der Waals surface area contributed by atoms with Crippen molar-refractivity contribution in [3.8, 4) is 0 Å². The van der Waals surface area contributed by atoms with Gasteiger partial charge in [0.1, 0.15) is 11.6 Å². The number of likely N-dealkylation sites (N-methyl/N-ethyl adjacent to an activating group) is 1. The Morgan fingerprint density at radius 2 is 1.90 bits per heavy atom. The lowest BCUT2D eigenvalue weighted by Crippen LogP contribution is -2.74. The lowest BCUT2D eigenvalue weighted by Gasteiger charge is -2.50. The SMILES string of the molecule is CC(=O)N[C@H](C(=O)N1CC2(C1)C(=O)NCN2C)C(C)(C)C. The monoisotopic (exact) mass is 296 g/mol. The molecule has 0 saturated carbocycles. The van der Waals surface area contributed by atoms with Crippen molar-refractivity contribution in [2.24, 2.45) is 5.41 Å². The van der Waals surface area contributed by atoms with Gasteiger partial charge in [-0.1, -0.05) is 20.8 Å². The van der Waals surface area contributed by atoms with Crippen molar-refractivity contribution in [3.63, 3.8) is 0 Å². The molecular formula is C14H24N4O3. The van der Waals surface area contributed by atoms with Gasteiger partial charge in [0.25, 0.3) is 0 Å². The van der Waals surface area contributed by atoms with E-state index >= 15 is 0 Å². The third-order valence-electron chi connectivity index (χ3n) is 4.31. The quantitative estimate of drug-likeness (QED) is 0.694. The van der Waals surface area contributed by atoms with Gasteiger partial charge in [-0.05, 0) is 12.5 Å². The molecule has 2 saturated heterocycles. The number of amides is 3. The lowest BCUT2D eigenvalue weighted by molar-refractivity contribution is -0.154. The number of carbonyl (C=O) groups is 3. The molecule has 0 aliphatic carbocycles. The fraction of sp³-hybridized carbons (Fsp3) is 0.786. The third kappa shape index (κ3) is 2.62. The Morgan fingerprint density at radius 1 is 1.33 bits per heavy atom. The van der Waals surface area contributed by atoms with Crippen LogP contribution in [0.5, 0.6) is 0 Å². The topological polar surface area (TPSA) is 81.8 Å². The number of carbonyl (C=O) groups excluding carboxylic acids is 3. The van der Waals surface area contributed by atoms with Crippen molar-refractivity contribution in [2.45, 2.75) is 39.3 Å². The molecule has 1 spiro atoms. The molecule has 2 rings (SSSR count). The number of nitrogens with zero attached hydrogens (tertiary/aromatic N) is 2. The number of rotatable bonds is 2. The molecule has 1 atom stereocenters. The maximum atomic E-state index is 12.6. The Balaban J connectivity index is 2.08. The van der Waals surface area contributed by atoms with Gasteiger partial charge < -0.3 is 15.5 Å². The summed E-state index contributed by atoms with van der Waals surface area (Å²) < 4.78 is 0. The van der Waals surface area contributed by atoms with E-state index in [4.69, 9.17) is 0 Å². The number of hydrogen-bond acceptors (Lipinski definition) is 4. The highest BCUT2D eigenvalue weighted by molar-refractivity contribution is 5.94. The fourth-order valence-electron chi connectivity index (χ4n) is 2.84. The summed E-state index contributed by atoms with van der Waals surface area (Å²) in [5.74, 6) is -0.383. The van der Waals surface area contributed by atoms with Crippen molar-refractivity contribution in [3.05, 3.63) is 0 Å². The fourth-order valence-corrected chi connectivity index (χ4v) is 2.84. The molecule has 118 valence electrons. The second-order valence-corrected chi connectivity index (χ2v) is 7.09. The van der Waals surface area contributed by atoms with Crippen LogP contribution in [-0.4, -0.2) is 65.9 Å². The van der Waals surface area contributed by atoms with E-state index in [2.05, 4.69) is 10.6 Å². The Labute approximate surface area is 125 Å². The van der Waals surface area contributed by atoms with E-state index in [0.717, 1.165) is 0 Å². The Hall–Kier alpha value is -1.63. The summed E-state index contributed by atoms with van der Waals surface area (Å²) in [7, 11) is 1.87. The van der Waals surface area contributed by atoms with Crippen molar-refractivity contribution < 1.29 is 14.4 Å². The first-order valence-corrected chi connectivity index (χ1v) is 7.13. The summed E-state index contributed by atoms with van der Waals surface area (Å²) in [5, 5.41) is 5.52. The van der Waals surface area contributed by atoms with E-state index in [0.29, 0.717) is 19.8 Å². The molecule has 2 aliphatic rings. The predicted molar refractivity (Wildman–Crippen MR) is 77.1 cm³/mol. The van der Waals surface area contributed by atoms with Gasteiger partial charge in [-0.2, -0.15) is 0 Å². The average Bonchev–Trinajstić information content (AvgIpc) is 2.58. The zero-order valence-electron chi connectivity index (χ0n) is 13.3. The number of nitrogens with one attached hydrogen (secondary N) is 2. The zero-order chi connectivity index (χ0) is 16.0. The molecule has 0 aromatic heterocycles. The first-order chi connectivity index (χ1) is 9.58. The van der Waals surface area contributed by atoms with Crippen LogP contribution < -0.4 is 10.6 Å². The van der Waals surface area contributed by atoms with Gasteiger partial charge in [0.2, 0.25) is 17.7 Å². The van der Waals surface area contributed by atoms with Crippen LogP contribution in [0.3, 0.4) is 0 Å². The van der Waals surface area contributed by atoms with Gasteiger partial charge in [0.15, 0.2) is 0 Å². The first kappa shape index (κ1) is 15.8. The highest BCUT2D eigenvalue weighted by Gasteiger charge is 2.57. The van der Waals surface area contributed by atoms with E-state index in [1.807, 2.05) is 32.7 Å². The van der Waals surface area contributed by atoms with Gasteiger partial charge in [0, 0.05) is 6.92 Å². The van der Waals surface area contributed by atoms with Crippen LogP contribution >= 0.6 is 0 Å². The maximum absolute atomic E-state index is 12.6. The van der Waals surface area contributed by atoms with E-state index in [-0.39, 0.29) is 23.1 Å². The second kappa shape index (κ2) is 4.98. The normalized spacial score (nSPS) is 22.7. The minimum absolute atomic E-state index is 0.0270. The molecule has 7 heteroatoms. The second-order valence-electron chi connectivity index (χ2n) is 7.09. The highest BCUT2D eigenvalue weighted by Crippen LogP contribution is 2.32. The van der Waals surface area contributed by atoms with Crippen LogP contribution in [-0.2, 0) is 14.4 Å². The molecule has 7 nitrogen and oxygen atoms in total. The van der Waals surface area contributed by atoms with Crippen LogP contribution in [0, 0.1) is 5.41 Å². The van der Waals surface area contributed by atoms with E-state index in [1.54, 1.807) is 4.90 Å². The smallest absolute Gasteiger partial charge is 0.245 e. The minimum Gasteiger partial charge on any atom is -0.344 e. The van der Waals surface area contributed by atoms with Crippen LogP contribution in [0.15, 0.2) is 0 Å². The molecule has 3 amide bonds. The van der Waals surface area contributed by atoms with Gasteiger partial charge in [0.05, 0.1) is 19.8 Å². The zero-order valence-corrected chi connectivity index (χ0v) is 13.3. The van der Waals surface area contributed by atoms with Crippen LogP contribution in [0.4, 0.5) is 0 Å². The summed E-state index contributed by atoms with van der Waals surface area (Å²) in [6.07, 6.45) is 0. The molecule has 0 bridgehead atoms. The summed E-state index contributed by atoms with van der Waals surface area (Å²) in [5.41, 5.74) is -0.969. The van der Waals surface area contributed by atoms with Crippen molar-refractivity contribution in [1.82, 2.24) is 20.4 Å². The van der Waals surface area contributed by atoms with Crippen LogP contribution in [0.1, 0.15) is 27.7 Å². The molecule has 2 fully saturated rings. The Morgan fingerprint density at radius 3 is 2.29 bits per heavy atom. The van der Waals surface area contributed by atoms with Crippen LogP contribution in [0.2, 0.25) is 0 Å². The molecule has 0 aromatic rings. The summed E-state index contributed by atoms with van der Waals surface area (Å²) in [4.78, 5) is 39.5. The highest BCUT2D eigenvalue weighted by atomic mass is 16.2. The Bertz CT molecular complexity index is 477. The van der Waals surface area contributed by atoms with Crippen molar-refractivity contribution in [1.29, 1.82) is 0 Å². The van der Waals surface area contributed by atoms with E-state index in [9.17, 15) is 14.4 Å². The van der Waals surface area contributed by atoms with Gasteiger partial charge in [-0.15, -0.1) is 0 Å². The maximum Gasteiger partial charge on any atom is 0.245 e.